The molecule has 0 saturated carbocycles. The monoisotopic (exact) mass is 222 g/mol. The van der Waals surface area contributed by atoms with Crippen molar-refractivity contribution in [1.29, 1.82) is 5.26 Å². The van der Waals surface area contributed by atoms with Gasteiger partial charge < -0.3 is 5.11 Å². The molecule has 88 valence electrons. The smallest absolute Gasteiger partial charge is 0.100 e. The highest BCUT2D eigenvalue weighted by molar-refractivity contribution is 5.18. The van der Waals surface area contributed by atoms with Crippen LogP contribution in [0.4, 0.5) is 0 Å². The maximum absolute atomic E-state index is 9.57. The predicted octanol–water partition coefficient (Wildman–Crippen LogP) is 1.41. The van der Waals surface area contributed by atoms with Crippen molar-refractivity contribution in [2.75, 3.05) is 0 Å². The average Bonchev–Trinajstić information content (AvgIpc) is 2.60. The maximum Gasteiger partial charge on any atom is 0.100 e. The van der Waals surface area contributed by atoms with Gasteiger partial charge in [-0.05, 0) is 19.8 Å². The number of hydrogen-bond donors (Lipinski definition) is 1. The Morgan fingerprint density at radius 1 is 1.38 bits per heavy atom. The van der Waals surface area contributed by atoms with Crippen molar-refractivity contribution in [3.63, 3.8) is 0 Å². The summed E-state index contributed by atoms with van der Waals surface area (Å²) < 4.78 is 1.72. The lowest BCUT2D eigenvalue weighted by Crippen LogP contribution is -2.22. The first-order valence-electron chi connectivity index (χ1n) is 5.48. The SMILES string of the molecule is CC(C)c1c(CC#N)nnn1C(C)C(C)O. The molecule has 16 heavy (non-hydrogen) atoms. The van der Waals surface area contributed by atoms with Gasteiger partial charge in [-0.2, -0.15) is 5.26 Å². The molecule has 5 heteroatoms. The van der Waals surface area contributed by atoms with E-state index in [4.69, 9.17) is 5.26 Å². The minimum absolute atomic E-state index is 0.127. The summed E-state index contributed by atoms with van der Waals surface area (Å²) in [6, 6.07) is 1.95. The first-order chi connectivity index (χ1) is 7.49. The second-order valence-electron chi connectivity index (χ2n) is 4.34. The summed E-state index contributed by atoms with van der Waals surface area (Å²) in [7, 11) is 0. The van der Waals surface area contributed by atoms with E-state index in [0.29, 0.717) is 5.69 Å². The second kappa shape index (κ2) is 5.08. The van der Waals surface area contributed by atoms with Gasteiger partial charge in [0.05, 0.1) is 30.3 Å². The van der Waals surface area contributed by atoms with E-state index < -0.39 is 6.10 Å². The Kier molecular flexibility index (Phi) is 4.02. The number of aromatic nitrogens is 3. The van der Waals surface area contributed by atoms with Crippen LogP contribution in [0.15, 0.2) is 0 Å². The Morgan fingerprint density at radius 3 is 2.44 bits per heavy atom. The molecule has 2 atom stereocenters. The first-order valence-corrected chi connectivity index (χ1v) is 5.48. The van der Waals surface area contributed by atoms with Crippen LogP contribution >= 0.6 is 0 Å². The Balaban J connectivity index is 3.15. The number of nitriles is 1. The molecule has 0 saturated heterocycles. The maximum atomic E-state index is 9.57. The molecule has 1 heterocycles. The lowest BCUT2D eigenvalue weighted by atomic mass is 10.1. The largest absolute Gasteiger partial charge is 0.391 e. The Labute approximate surface area is 95.7 Å². The number of nitrogens with zero attached hydrogens (tertiary/aromatic N) is 4. The molecule has 0 aliphatic heterocycles. The van der Waals surface area contributed by atoms with Crippen molar-refractivity contribution < 1.29 is 5.11 Å². The summed E-state index contributed by atoms with van der Waals surface area (Å²) in [6.07, 6.45) is -0.228. The zero-order valence-electron chi connectivity index (χ0n) is 10.2. The number of aliphatic hydroxyl groups excluding tert-OH is 1. The fourth-order valence-electron chi connectivity index (χ4n) is 1.64. The first kappa shape index (κ1) is 12.7. The summed E-state index contributed by atoms with van der Waals surface area (Å²) in [5.74, 6) is 0.236. The number of rotatable bonds is 4. The molecule has 0 fully saturated rings. The minimum atomic E-state index is -0.492. The van der Waals surface area contributed by atoms with Crippen molar-refractivity contribution in [2.24, 2.45) is 0 Å². The van der Waals surface area contributed by atoms with Crippen LogP contribution in [0.2, 0.25) is 0 Å². The van der Waals surface area contributed by atoms with E-state index in [0.717, 1.165) is 5.69 Å². The fraction of sp³-hybridized carbons (Fsp3) is 0.727. The Hall–Kier alpha value is -1.41. The van der Waals surface area contributed by atoms with Gasteiger partial charge in [-0.15, -0.1) is 5.10 Å². The highest BCUT2D eigenvalue weighted by Crippen LogP contribution is 2.22. The third-order valence-electron chi connectivity index (χ3n) is 2.68. The quantitative estimate of drug-likeness (QED) is 0.835. The second-order valence-corrected chi connectivity index (χ2v) is 4.34. The molecular formula is C11H18N4O. The van der Waals surface area contributed by atoms with Gasteiger partial charge >= 0.3 is 0 Å². The van der Waals surface area contributed by atoms with E-state index >= 15 is 0 Å². The number of aliphatic hydroxyl groups is 1. The molecule has 0 radical (unpaired) electrons. The van der Waals surface area contributed by atoms with E-state index in [-0.39, 0.29) is 18.4 Å². The topological polar surface area (TPSA) is 74.7 Å². The highest BCUT2D eigenvalue weighted by Gasteiger charge is 2.21. The molecule has 0 amide bonds. The van der Waals surface area contributed by atoms with Crippen molar-refractivity contribution in [3.05, 3.63) is 11.4 Å². The van der Waals surface area contributed by atoms with E-state index in [1.165, 1.54) is 0 Å². The van der Waals surface area contributed by atoms with Crippen LogP contribution in [-0.4, -0.2) is 26.2 Å². The lowest BCUT2D eigenvalue weighted by molar-refractivity contribution is 0.129. The van der Waals surface area contributed by atoms with Crippen molar-refractivity contribution in [3.8, 4) is 6.07 Å². The molecule has 1 N–H and O–H groups in total. The zero-order valence-corrected chi connectivity index (χ0v) is 10.2. The summed E-state index contributed by atoms with van der Waals surface area (Å²) in [4.78, 5) is 0. The zero-order chi connectivity index (χ0) is 12.3. The standard InChI is InChI=1S/C11H18N4O/c1-7(2)11-10(5-6-12)13-14-15(11)8(3)9(4)16/h7-9,16H,5H2,1-4H3. The molecule has 1 aromatic heterocycles. The van der Waals surface area contributed by atoms with Gasteiger partial charge in [-0.3, -0.25) is 0 Å². The van der Waals surface area contributed by atoms with Crippen LogP contribution in [0.1, 0.15) is 51.0 Å². The predicted molar refractivity (Wildman–Crippen MR) is 59.8 cm³/mol. The molecular weight excluding hydrogens is 204 g/mol. The highest BCUT2D eigenvalue weighted by atomic mass is 16.3. The van der Waals surface area contributed by atoms with E-state index in [1.807, 2.05) is 20.8 Å². The summed E-state index contributed by atoms with van der Waals surface area (Å²) in [5, 5.41) is 26.3. The van der Waals surface area contributed by atoms with Crippen LogP contribution in [0.5, 0.6) is 0 Å². The van der Waals surface area contributed by atoms with Gasteiger partial charge in [0.1, 0.15) is 5.69 Å². The number of hydrogen-bond acceptors (Lipinski definition) is 4. The summed E-state index contributed by atoms with van der Waals surface area (Å²) >= 11 is 0. The summed E-state index contributed by atoms with van der Waals surface area (Å²) in [5.41, 5.74) is 1.65. The fourth-order valence-corrected chi connectivity index (χ4v) is 1.64. The van der Waals surface area contributed by atoms with Crippen molar-refractivity contribution >= 4 is 0 Å². The molecule has 1 aromatic rings. The van der Waals surface area contributed by atoms with Crippen LogP contribution in [0, 0.1) is 11.3 Å². The minimum Gasteiger partial charge on any atom is -0.391 e. The molecule has 0 bridgehead atoms. The summed E-state index contributed by atoms with van der Waals surface area (Å²) in [6.45, 7) is 7.68. The van der Waals surface area contributed by atoms with Crippen molar-refractivity contribution in [1.82, 2.24) is 15.0 Å². The van der Waals surface area contributed by atoms with E-state index in [1.54, 1.807) is 11.6 Å². The molecule has 1 rings (SSSR count). The normalized spacial score (nSPS) is 14.8. The van der Waals surface area contributed by atoms with Crippen LogP contribution in [0.3, 0.4) is 0 Å². The van der Waals surface area contributed by atoms with Gasteiger partial charge in [0.15, 0.2) is 0 Å². The van der Waals surface area contributed by atoms with Gasteiger partial charge in [-0.1, -0.05) is 19.1 Å². The average molecular weight is 222 g/mol. The molecule has 0 aliphatic carbocycles. The molecule has 5 nitrogen and oxygen atoms in total. The molecule has 0 spiro atoms. The Morgan fingerprint density at radius 2 is 2.00 bits per heavy atom. The van der Waals surface area contributed by atoms with Crippen LogP contribution in [-0.2, 0) is 6.42 Å². The van der Waals surface area contributed by atoms with Gasteiger partial charge in [0, 0.05) is 0 Å². The van der Waals surface area contributed by atoms with Gasteiger partial charge in [-0.25, -0.2) is 4.68 Å². The third-order valence-corrected chi connectivity index (χ3v) is 2.68. The lowest BCUT2D eigenvalue weighted by Gasteiger charge is -2.19. The Bertz CT molecular complexity index is 389. The van der Waals surface area contributed by atoms with Gasteiger partial charge in [0.2, 0.25) is 0 Å². The molecule has 0 aromatic carbocycles. The molecule has 2 unspecified atom stereocenters. The van der Waals surface area contributed by atoms with Gasteiger partial charge in [0.25, 0.3) is 0 Å². The van der Waals surface area contributed by atoms with Crippen LogP contribution < -0.4 is 0 Å². The third kappa shape index (κ3) is 2.39. The van der Waals surface area contributed by atoms with E-state index in [9.17, 15) is 5.11 Å². The van der Waals surface area contributed by atoms with E-state index in [2.05, 4.69) is 16.4 Å². The molecule has 0 aliphatic rings. The van der Waals surface area contributed by atoms with Crippen LogP contribution in [0.25, 0.3) is 0 Å². The van der Waals surface area contributed by atoms with Crippen molar-refractivity contribution in [2.45, 2.75) is 52.2 Å².